The minimum absolute atomic E-state index is 0.0208. The average Bonchev–Trinajstić information content (AvgIpc) is 2.94. The van der Waals surface area contributed by atoms with Gasteiger partial charge in [0.15, 0.2) is 17.3 Å². The fraction of sp³-hybridized carbons (Fsp3) is 0.500. The van der Waals surface area contributed by atoms with E-state index in [4.69, 9.17) is 14.2 Å². The van der Waals surface area contributed by atoms with Gasteiger partial charge in [0.25, 0.3) is 5.79 Å². The molecule has 18 heavy (non-hydrogen) atoms. The van der Waals surface area contributed by atoms with Crippen molar-refractivity contribution < 1.29 is 19.0 Å². The summed E-state index contributed by atoms with van der Waals surface area (Å²) < 4.78 is 17.2. The van der Waals surface area contributed by atoms with Crippen molar-refractivity contribution in [1.82, 2.24) is 0 Å². The van der Waals surface area contributed by atoms with E-state index in [0.717, 1.165) is 25.7 Å². The Morgan fingerprint density at radius 2 is 1.89 bits per heavy atom. The highest BCUT2D eigenvalue weighted by Gasteiger charge is 2.46. The highest BCUT2D eigenvalue weighted by atomic mass is 16.7. The molecule has 1 heterocycles. The van der Waals surface area contributed by atoms with Gasteiger partial charge >= 0.3 is 0 Å². The number of ketones is 1. The summed E-state index contributed by atoms with van der Waals surface area (Å²) in [6, 6.07) is 3.49. The number of carbonyl (C=O) groups is 1. The molecule has 0 saturated heterocycles. The van der Waals surface area contributed by atoms with Crippen LogP contribution in [0.15, 0.2) is 12.1 Å². The SMILES string of the molecule is COc1ccc(C(C)=O)c2c1OC1(CCCC1)O2. The Labute approximate surface area is 106 Å². The number of ether oxygens (including phenoxy) is 3. The van der Waals surface area contributed by atoms with Crippen LogP contribution in [-0.4, -0.2) is 18.7 Å². The predicted octanol–water partition coefficient (Wildman–Crippen LogP) is 2.94. The molecule has 1 aliphatic heterocycles. The van der Waals surface area contributed by atoms with Gasteiger partial charge in [-0.3, -0.25) is 4.79 Å². The molecule has 96 valence electrons. The van der Waals surface area contributed by atoms with Gasteiger partial charge in [-0.05, 0) is 31.9 Å². The maximum Gasteiger partial charge on any atom is 0.251 e. The summed E-state index contributed by atoms with van der Waals surface area (Å²) in [5, 5.41) is 0. The van der Waals surface area contributed by atoms with Crippen LogP contribution in [0.2, 0.25) is 0 Å². The van der Waals surface area contributed by atoms with Crippen LogP contribution in [0, 0.1) is 0 Å². The minimum Gasteiger partial charge on any atom is -0.493 e. The first-order valence-corrected chi connectivity index (χ1v) is 6.25. The summed E-state index contributed by atoms with van der Waals surface area (Å²) in [6.07, 6.45) is 3.90. The van der Waals surface area contributed by atoms with E-state index in [9.17, 15) is 4.79 Å². The second-order valence-corrected chi connectivity index (χ2v) is 4.85. The van der Waals surface area contributed by atoms with Gasteiger partial charge in [-0.2, -0.15) is 0 Å². The van der Waals surface area contributed by atoms with Gasteiger partial charge in [0.2, 0.25) is 5.75 Å². The maximum absolute atomic E-state index is 11.6. The van der Waals surface area contributed by atoms with Crippen LogP contribution in [0.4, 0.5) is 0 Å². The molecule has 0 atom stereocenters. The number of hydrogen-bond donors (Lipinski definition) is 0. The van der Waals surface area contributed by atoms with Crippen molar-refractivity contribution in [3.8, 4) is 17.2 Å². The number of Topliss-reactive ketones (excluding diaryl/α,β-unsaturated/α-hetero) is 1. The van der Waals surface area contributed by atoms with E-state index in [1.165, 1.54) is 6.92 Å². The molecule has 4 heteroatoms. The van der Waals surface area contributed by atoms with Crippen molar-refractivity contribution in [2.45, 2.75) is 38.4 Å². The third-order valence-corrected chi connectivity index (χ3v) is 3.62. The zero-order valence-corrected chi connectivity index (χ0v) is 10.6. The molecule has 0 unspecified atom stereocenters. The van der Waals surface area contributed by atoms with Gasteiger partial charge in [-0.1, -0.05) is 0 Å². The Hall–Kier alpha value is -1.71. The molecule has 1 aliphatic carbocycles. The van der Waals surface area contributed by atoms with Gasteiger partial charge in [-0.25, -0.2) is 0 Å². The zero-order valence-electron chi connectivity index (χ0n) is 10.6. The van der Waals surface area contributed by atoms with E-state index in [1.54, 1.807) is 19.2 Å². The number of fused-ring (bicyclic) bond motifs is 1. The van der Waals surface area contributed by atoms with Crippen molar-refractivity contribution in [2.75, 3.05) is 7.11 Å². The first-order chi connectivity index (χ1) is 8.65. The Kier molecular flexibility index (Phi) is 2.47. The Morgan fingerprint density at radius 3 is 2.50 bits per heavy atom. The van der Waals surface area contributed by atoms with E-state index >= 15 is 0 Å². The lowest BCUT2D eigenvalue weighted by molar-refractivity contribution is -0.0724. The molecule has 3 rings (SSSR count). The van der Waals surface area contributed by atoms with Gasteiger partial charge in [-0.15, -0.1) is 0 Å². The quantitative estimate of drug-likeness (QED) is 0.755. The summed E-state index contributed by atoms with van der Waals surface area (Å²) in [5.41, 5.74) is 0.564. The molecule has 0 aromatic heterocycles. The number of benzene rings is 1. The highest BCUT2D eigenvalue weighted by Crippen LogP contribution is 2.52. The topological polar surface area (TPSA) is 44.8 Å². The number of carbonyl (C=O) groups excluding carboxylic acids is 1. The molecule has 4 nitrogen and oxygen atoms in total. The van der Waals surface area contributed by atoms with Gasteiger partial charge in [0, 0.05) is 12.8 Å². The molecule has 2 aliphatic rings. The van der Waals surface area contributed by atoms with E-state index in [0.29, 0.717) is 22.8 Å². The van der Waals surface area contributed by atoms with E-state index in [2.05, 4.69) is 0 Å². The highest BCUT2D eigenvalue weighted by molar-refractivity contribution is 5.98. The summed E-state index contributed by atoms with van der Waals surface area (Å²) in [7, 11) is 1.59. The van der Waals surface area contributed by atoms with Crippen molar-refractivity contribution in [1.29, 1.82) is 0 Å². The number of methoxy groups -OCH3 is 1. The average molecular weight is 248 g/mol. The van der Waals surface area contributed by atoms with Gasteiger partial charge < -0.3 is 14.2 Å². The molecule has 0 bridgehead atoms. The second kappa shape index (κ2) is 3.90. The fourth-order valence-corrected chi connectivity index (χ4v) is 2.69. The molecule has 0 radical (unpaired) electrons. The maximum atomic E-state index is 11.6. The first kappa shape index (κ1) is 11.4. The monoisotopic (exact) mass is 248 g/mol. The Bertz CT molecular complexity index is 501. The molecule has 1 spiro atoms. The minimum atomic E-state index is -0.568. The molecular formula is C14H16O4. The summed E-state index contributed by atoms with van der Waals surface area (Å²) in [4.78, 5) is 11.6. The lowest BCUT2D eigenvalue weighted by atomic mass is 10.1. The molecule has 0 amide bonds. The van der Waals surface area contributed by atoms with E-state index in [1.807, 2.05) is 0 Å². The standard InChI is InChI=1S/C14H16O4/c1-9(15)10-5-6-11(16-2)13-12(10)17-14(18-13)7-3-4-8-14/h5-6H,3-4,7-8H2,1-2H3. The summed E-state index contributed by atoms with van der Waals surface area (Å²) in [6.45, 7) is 1.53. The third kappa shape index (κ3) is 1.55. The van der Waals surface area contributed by atoms with Crippen LogP contribution in [0.5, 0.6) is 17.2 Å². The van der Waals surface area contributed by atoms with Crippen LogP contribution >= 0.6 is 0 Å². The van der Waals surface area contributed by atoms with Crippen molar-refractivity contribution in [3.05, 3.63) is 17.7 Å². The molecule has 1 fully saturated rings. The number of rotatable bonds is 2. The van der Waals surface area contributed by atoms with Crippen molar-refractivity contribution in [2.24, 2.45) is 0 Å². The Balaban J connectivity index is 2.08. The smallest absolute Gasteiger partial charge is 0.251 e. The van der Waals surface area contributed by atoms with Crippen LogP contribution in [0.1, 0.15) is 43.0 Å². The first-order valence-electron chi connectivity index (χ1n) is 6.25. The van der Waals surface area contributed by atoms with Gasteiger partial charge in [0.05, 0.1) is 12.7 Å². The van der Waals surface area contributed by atoms with Crippen LogP contribution in [0.25, 0.3) is 0 Å². The fourth-order valence-electron chi connectivity index (χ4n) is 2.69. The van der Waals surface area contributed by atoms with Crippen molar-refractivity contribution >= 4 is 5.78 Å². The largest absolute Gasteiger partial charge is 0.493 e. The van der Waals surface area contributed by atoms with Crippen LogP contribution < -0.4 is 14.2 Å². The summed E-state index contributed by atoms with van der Waals surface area (Å²) >= 11 is 0. The Morgan fingerprint density at radius 1 is 1.22 bits per heavy atom. The van der Waals surface area contributed by atoms with Gasteiger partial charge in [0.1, 0.15) is 0 Å². The zero-order chi connectivity index (χ0) is 12.8. The van der Waals surface area contributed by atoms with Crippen LogP contribution in [-0.2, 0) is 0 Å². The molecule has 1 aromatic carbocycles. The normalized spacial score (nSPS) is 19.2. The van der Waals surface area contributed by atoms with E-state index in [-0.39, 0.29) is 5.78 Å². The van der Waals surface area contributed by atoms with Crippen LogP contribution in [0.3, 0.4) is 0 Å². The molecule has 1 aromatic rings. The molecule has 0 N–H and O–H groups in total. The second-order valence-electron chi connectivity index (χ2n) is 4.85. The molecular weight excluding hydrogens is 232 g/mol. The molecule has 1 saturated carbocycles. The third-order valence-electron chi connectivity index (χ3n) is 3.62. The summed E-state index contributed by atoms with van der Waals surface area (Å²) in [5.74, 6) is 1.16. The lowest BCUT2D eigenvalue weighted by Crippen LogP contribution is -2.34. The predicted molar refractivity (Wildman–Crippen MR) is 65.5 cm³/mol. The van der Waals surface area contributed by atoms with Crippen molar-refractivity contribution in [3.63, 3.8) is 0 Å². The van der Waals surface area contributed by atoms with E-state index < -0.39 is 5.79 Å². The lowest BCUT2D eigenvalue weighted by Gasteiger charge is -2.21. The number of hydrogen-bond acceptors (Lipinski definition) is 4.